The molecule has 0 radical (unpaired) electrons. The standard InChI is InChI=1S/C19H15ClF3N3/c20-10-14-8-18(25-16-6-4-13(11-24)5-7-16)26(12-14)17-3-1-2-15(9-17)19(21,22)23/h1-7,9,14H,8,10,12H2. The third kappa shape index (κ3) is 4.00. The van der Waals surface area contributed by atoms with E-state index in [-0.39, 0.29) is 5.92 Å². The number of rotatable bonds is 3. The first-order valence-electron chi connectivity index (χ1n) is 7.99. The molecule has 0 saturated carbocycles. The lowest BCUT2D eigenvalue weighted by Crippen LogP contribution is -2.25. The molecule has 1 saturated heterocycles. The third-order valence-electron chi connectivity index (χ3n) is 4.18. The van der Waals surface area contributed by atoms with Gasteiger partial charge in [-0.1, -0.05) is 6.07 Å². The second-order valence-electron chi connectivity index (χ2n) is 6.07. The number of anilines is 1. The molecular formula is C19H15ClF3N3. The van der Waals surface area contributed by atoms with Crippen molar-refractivity contribution < 1.29 is 13.2 Å². The van der Waals surface area contributed by atoms with Crippen LogP contribution in [0.25, 0.3) is 0 Å². The van der Waals surface area contributed by atoms with Gasteiger partial charge in [0.2, 0.25) is 0 Å². The first kappa shape index (κ1) is 18.3. The van der Waals surface area contributed by atoms with Crippen molar-refractivity contribution in [3.8, 4) is 6.07 Å². The van der Waals surface area contributed by atoms with Crippen LogP contribution >= 0.6 is 11.6 Å². The number of halogens is 4. The van der Waals surface area contributed by atoms with E-state index in [9.17, 15) is 13.2 Å². The summed E-state index contributed by atoms with van der Waals surface area (Å²) in [5.41, 5.74) is 0.918. The van der Waals surface area contributed by atoms with Gasteiger partial charge >= 0.3 is 6.18 Å². The number of aliphatic imine (C=N–C) groups is 1. The van der Waals surface area contributed by atoms with Crippen molar-refractivity contribution in [2.75, 3.05) is 17.3 Å². The molecule has 3 nitrogen and oxygen atoms in total. The zero-order valence-electron chi connectivity index (χ0n) is 13.7. The SMILES string of the molecule is N#Cc1ccc(N=C2CC(CCl)CN2c2cccc(C(F)(F)F)c2)cc1. The summed E-state index contributed by atoms with van der Waals surface area (Å²) >= 11 is 5.97. The Morgan fingerprint density at radius 3 is 2.54 bits per heavy atom. The van der Waals surface area contributed by atoms with Crippen LogP contribution in [0.15, 0.2) is 53.5 Å². The maximum absolute atomic E-state index is 13.0. The first-order valence-corrected chi connectivity index (χ1v) is 8.52. The van der Waals surface area contributed by atoms with Gasteiger partial charge in [-0.2, -0.15) is 18.4 Å². The van der Waals surface area contributed by atoms with Gasteiger partial charge in [0.25, 0.3) is 0 Å². The fraction of sp³-hybridized carbons (Fsp3) is 0.263. The number of hydrogen-bond donors (Lipinski definition) is 0. The van der Waals surface area contributed by atoms with Gasteiger partial charge in [-0.25, -0.2) is 4.99 Å². The molecule has 1 aliphatic heterocycles. The molecule has 3 rings (SSSR count). The lowest BCUT2D eigenvalue weighted by Gasteiger charge is -2.21. The van der Waals surface area contributed by atoms with Crippen LogP contribution < -0.4 is 4.90 Å². The highest BCUT2D eigenvalue weighted by Crippen LogP contribution is 2.34. The summed E-state index contributed by atoms with van der Waals surface area (Å²) in [4.78, 5) is 6.35. The summed E-state index contributed by atoms with van der Waals surface area (Å²) in [7, 11) is 0. The number of hydrogen-bond acceptors (Lipinski definition) is 2. The second-order valence-corrected chi connectivity index (χ2v) is 6.38. The van der Waals surface area contributed by atoms with Gasteiger partial charge in [0.1, 0.15) is 5.84 Å². The molecule has 1 unspecified atom stereocenters. The van der Waals surface area contributed by atoms with Crippen molar-refractivity contribution in [1.29, 1.82) is 5.26 Å². The van der Waals surface area contributed by atoms with Gasteiger partial charge in [-0.15, -0.1) is 11.6 Å². The summed E-state index contributed by atoms with van der Waals surface area (Å²) in [6, 6.07) is 14.0. The molecule has 134 valence electrons. The highest BCUT2D eigenvalue weighted by Gasteiger charge is 2.33. The number of nitriles is 1. The number of amidine groups is 1. The fourth-order valence-electron chi connectivity index (χ4n) is 2.87. The molecule has 0 aromatic heterocycles. The zero-order chi connectivity index (χ0) is 18.7. The zero-order valence-corrected chi connectivity index (χ0v) is 14.4. The quantitative estimate of drug-likeness (QED) is 0.674. The molecule has 0 N–H and O–H groups in total. The van der Waals surface area contributed by atoms with Gasteiger partial charge in [0.15, 0.2) is 0 Å². The second kappa shape index (κ2) is 7.38. The van der Waals surface area contributed by atoms with Gasteiger partial charge < -0.3 is 4.90 Å². The van der Waals surface area contributed by atoms with E-state index in [1.165, 1.54) is 6.07 Å². The highest BCUT2D eigenvalue weighted by atomic mass is 35.5. The minimum atomic E-state index is -4.40. The van der Waals surface area contributed by atoms with Crippen LogP contribution in [0.2, 0.25) is 0 Å². The predicted octanol–water partition coefficient (Wildman–Crippen LogP) is 5.37. The van der Waals surface area contributed by atoms with E-state index >= 15 is 0 Å². The van der Waals surface area contributed by atoms with E-state index in [4.69, 9.17) is 16.9 Å². The Balaban J connectivity index is 1.95. The van der Waals surface area contributed by atoms with Crippen LogP contribution in [0, 0.1) is 17.2 Å². The van der Waals surface area contributed by atoms with Crippen LogP contribution in [0.3, 0.4) is 0 Å². The Labute approximate surface area is 154 Å². The lowest BCUT2D eigenvalue weighted by atomic mass is 10.1. The molecule has 2 aromatic carbocycles. The molecule has 1 aliphatic rings. The van der Waals surface area contributed by atoms with Crippen molar-refractivity contribution in [2.24, 2.45) is 10.9 Å². The Hall–Kier alpha value is -2.52. The van der Waals surface area contributed by atoms with Gasteiger partial charge in [-0.3, -0.25) is 0 Å². The number of benzene rings is 2. The third-order valence-corrected chi connectivity index (χ3v) is 4.62. The maximum Gasteiger partial charge on any atom is 0.416 e. The molecule has 1 heterocycles. The Bertz CT molecular complexity index is 854. The summed E-state index contributed by atoms with van der Waals surface area (Å²) in [6.45, 7) is 0.514. The minimum Gasteiger partial charge on any atom is -0.329 e. The first-order chi connectivity index (χ1) is 12.4. The highest BCUT2D eigenvalue weighted by molar-refractivity contribution is 6.18. The Kier molecular flexibility index (Phi) is 5.19. The van der Waals surface area contributed by atoms with E-state index in [1.807, 2.05) is 6.07 Å². The van der Waals surface area contributed by atoms with E-state index in [0.29, 0.717) is 41.6 Å². The smallest absolute Gasteiger partial charge is 0.329 e. The van der Waals surface area contributed by atoms with Crippen molar-refractivity contribution in [3.05, 3.63) is 59.7 Å². The molecule has 0 spiro atoms. The summed E-state index contributed by atoms with van der Waals surface area (Å²) in [5.74, 6) is 1.19. The largest absolute Gasteiger partial charge is 0.416 e. The summed E-state index contributed by atoms with van der Waals surface area (Å²) in [6.07, 6.45) is -3.81. The molecule has 1 fully saturated rings. The van der Waals surface area contributed by atoms with Crippen LogP contribution in [0.5, 0.6) is 0 Å². The van der Waals surface area contributed by atoms with Gasteiger partial charge in [-0.05, 0) is 48.4 Å². The van der Waals surface area contributed by atoms with Crippen molar-refractivity contribution in [2.45, 2.75) is 12.6 Å². The molecule has 7 heteroatoms. The van der Waals surface area contributed by atoms with Crippen molar-refractivity contribution in [3.63, 3.8) is 0 Å². The Morgan fingerprint density at radius 2 is 1.92 bits per heavy atom. The monoisotopic (exact) mass is 377 g/mol. The van der Waals surface area contributed by atoms with Crippen LogP contribution in [-0.2, 0) is 6.18 Å². The van der Waals surface area contributed by atoms with E-state index in [0.717, 1.165) is 12.1 Å². The number of nitrogens with zero attached hydrogens (tertiary/aromatic N) is 3. The van der Waals surface area contributed by atoms with Crippen LogP contribution in [0.4, 0.5) is 24.5 Å². The van der Waals surface area contributed by atoms with E-state index in [1.54, 1.807) is 35.2 Å². The average molecular weight is 378 g/mol. The molecule has 0 amide bonds. The Morgan fingerprint density at radius 1 is 1.19 bits per heavy atom. The lowest BCUT2D eigenvalue weighted by molar-refractivity contribution is -0.137. The summed E-state index contributed by atoms with van der Waals surface area (Å²) in [5, 5.41) is 8.86. The molecule has 0 bridgehead atoms. The van der Waals surface area contributed by atoms with Gasteiger partial charge in [0.05, 0.1) is 22.9 Å². The maximum atomic E-state index is 13.0. The van der Waals surface area contributed by atoms with Crippen LogP contribution in [0.1, 0.15) is 17.5 Å². The fourth-order valence-corrected chi connectivity index (χ4v) is 3.08. The molecule has 2 aromatic rings. The normalized spacial score (nSPS) is 19.0. The van der Waals surface area contributed by atoms with E-state index in [2.05, 4.69) is 4.99 Å². The number of alkyl halides is 4. The predicted molar refractivity (Wildman–Crippen MR) is 95.9 cm³/mol. The van der Waals surface area contributed by atoms with E-state index < -0.39 is 11.7 Å². The summed E-state index contributed by atoms with van der Waals surface area (Å²) < 4.78 is 39.1. The van der Waals surface area contributed by atoms with Crippen molar-refractivity contribution in [1.82, 2.24) is 0 Å². The molecule has 0 aliphatic carbocycles. The average Bonchev–Trinajstić information content (AvgIpc) is 3.05. The van der Waals surface area contributed by atoms with Gasteiger partial charge in [0, 0.05) is 24.5 Å². The molecule has 26 heavy (non-hydrogen) atoms. The minimum absolute atomic E-state index is 0.114. The van der Waals surface area contributed by atoms with Crippen molar-refractivity contribution >= 4 is 28.8 Å². The molecule has 1 atom stereocenters. The topological polar surface area (TPSA) is 39.4 Å². The molecular weight excluding hydrogens is 363 g/mol. The van der Waals surface area contributed by atoms with Crippen LogP contribution in [-0.4, -0.2) is 18.3 Å².